The normalized spacial score (nSPS) is 13.4. The SMILES string of the molecule is C=CCOc1ccccc1CNC(=NC)NCC(=O)N1CCc2ccccc2C1. The molecule has 0 fully saturated rings. The van der Waals surface area contributed by atoms with E-state index in [9.17, 15) is 4.79 Å². The van der Waals surface area contributed by atoms with Gasteiger partial charge in [0.25, 0.3) is 0 Å². The van der Waals surface area contributed by atoms with Gasteiger partial charge in [0, 0.05) is 32.2 Å². The number of ether oxygens (including phenoxy) is 1. The fourth-order valence-corrected chi connectivity index (χ4v) is 3.32. The van der Waals surface area contributed by atoms with E-state index in [1.807, 2.05) is 41.3 Å². The van der Waals surface area contributed by atoms with Gasteiger partial charge >= 0.3 is 0 Å². The molecule has 0 saturated carbocycles. The van der Waals surface area contributed by atoms with E-state index >= 15 is 0 Å². The quantitative estimate of drug-likeness (QED) is 0.432. The first-order valence-corrected chi connectivity index (χ1v) is 9.82. The summed E-state index contributed by atoms with van der Waals surface area (Å²) in [5.74, 6) is 1.45. The van der Waals surface area contributed by atoms with Gasteiger partial charge in [-0.2, -0.15) is 0 Å². The molecule has 2 aromatic carbocycles. The maximum absolute atomic E-state index is 12.6. The first-order valence-electron chi connectivity index (χ1n) is 9.82. The summed E-state index contributed by atoms with van der Waals surface area (Å²) in [7, 11) is 1.69. The van der Waals surface area contributed by atoms with Crippen LogP contribution in [0, 0.1) is 0 Å². The number of para-hydroxylation sites is 1. The number of rotatable bonds is 7. The summed E-state index contributed by atoms with van der Waals surface area (Å²) < 4.78 is 5.68. The number of benzene rings is 2. The average Bonchev–Trinajstić information content (AvgIpc) is 2.77. The number of fused-ring (bicyclic) bond motifs is 1. The van der Waals surface area contributed by atoms with E-state index in [1.54, 1.807) is 13.1 Å². The summed E-state index contributed by atoms with van der Waals surface area (Å²) in [5, 5.41) is 6.35. The Balaban J connectivity index is 1.50. The summed E-state index contributed by atoms with van der Waals surface area (Å²) in [4.78, 5) is 18.7. The molecule has 0 bridgehead atoms. The number of nitrogens with one attached hydrogen (secondary N) is 2. The van der Waals surface area contributed by atoms with Crippen LogP contribution in [-0.4, -0.2) is 43.5 Å². The van der Waals surface area contributed by atoms with Crippen LogP contribution in [0.1, 0.15) is 16.7 Å². The highest BCUT2D eigenvalue weighted by Gasteiger charge is 2.20. The van der Waals surface area contributed by atoms with Crippen LogP contribution in [0.5, 0.6) is 5.75 Å². The molecule has 1 amide bonds. The number of carbonyl (C=O) groups is 1. The second kappa shape index (κ2) is 10.3. The molecule has 0 radical (unpaired) electrons. The highest BCUT2D eigenvalue weighted by Crippen LogP contribution is 2.19. The lowest BCUT2D eigenvalue weighted by atomic mass is 10.00. The highest BCUT2D eigenvalue weighted by atomic mass is 16.5. The first kappa shape index (κ1) is 20.5. The molecule has 29 heavy (non-hydrogen) atoms. The van der Waals surface area contributed by atoms with Gasteiger partial charge in [-0.15, -0.1) is 0 Å². The lowest BCUT2D eigenvalue weighted by molar-refractivity contribution is -0.130. The summed E-state index contributed by atoms with van der Waals surface area (Å²) in [6.07, 6.45) is 2.62. The lowest BCUT2D eigenvalue weighted by Gasteiger charge is -2.29. The minimum atomic E-state index is 0.0668. The van der Waals surface area contributed by atoms with Gasteiger partial charge < -0.3 is 20.3 Å². The van der Waals surface area contributed by atoms with Crippen molar-refractivity contribution in [1.29, 1.82) is 0 Å². The minimum Gasteiger partial charge on any atom is -0.489 e. The third kappa shape index (κ3) is 5.60. The van der Waals surface area contributed by atoms with Crippen molar-refractivity contribution in [2.24, 2.45) is 4.99 Å². The number of nitrogens with zero attached hydrogens (tertiary/aromatic N) is 2. The third-order valence-electron chi connectivity index (χ3n) is 4.89. The number of carbonyl (C=O) groups excluding carboxylic acids is 1. The van der Waals surface area contributed by atoms with Crippen LogP contribution in [0.2, 0.25) is 0 Å². The van der Waals surface area contributed by atoms with E-state index in [0.29, 0.717) is 25.7 Å². The molecule has 1 aliphatic rings. The Morgan fingerprint density at radius 2 is 1.93 bits per heavy atom. The van der Waals surface area contributed by atoms with E-state index in [4.69, 9.17) is 4.74 Å². The van der Waals surface area contributed by atoms with Crippen molar-refractivity contribution in [3.8, 4) is 5.75 Å². The minimum absolute atomic E-state index is 0.0668. The van der Waals surface area contributed by atoms with Crippen molar-refractivity contribution in [1.82, 2.24) is 15.5 Å². The van der Waals surface area contributed by atoms with Gasteiger partial charge in [-0.05, 0) is 23.6 Å². The molecule has 2 aromatic rings. The number of aliphatic imine (C=N–C) groups is 1. The van der Waals surface area contributed by atoms with Crippen molar-refractivity contribution in [2.75, 3.05) is 26.7 Å². The first-order chi connectivity index (χ1) is 14.2. The largest absolute Gasteiger partial charge is 0.489 e. The fourth-order valence-electron chi connectivity index (χ4n) is 3.32. The lowest BCUT2D eigenvalue weighted by Crippen LogP contribution is -2.45. The fraction of sp³-hybridized carbons (Fsp3) is 0.304. The highest BCUT2D eigenvalue weighted by molar-refractivity contribution is 5.86. The average molecular weight is 393 g/mol. The molecule has 1 aliphatic heterocycles. The van der Waals surface area contributed by atoms with Gasteiger partial charge in [-0.25, -0.2) is 0 Å². The Kier molecular flexibility index (Phi) is 7.28. The van der Waals surface area contributed by atoms with Crippen LogP contribution < -0.4 is 15.4 Å². The number of amides is 1. The zero-order chi connectivity index (χ0) is 20.5. The second-order valence-electron chi connectivity index (χ2n) is 6.82. The topological polar surface area (TPSA) is 66.0 Å². The van der Waals surface area contributed by atoms with Gasteiger partial charge in [0.2, 0.25) is 5.91 Å². The predicted molar refractivity (Wildman–Crippen MR) is 116 cm³/mol. The number of hydrogen-bond donors (Lipinski definition) is 2. The third-order valence-corrected chi connectivity index (χ3v) is 4.89. The molecule has 1 heterocycles. The van der Waals surface area contributed by atoms with Crippen LogP contribution >= 0.6 is 0 Å². The smallest absolute Gasteiger partial charge is 0.242 e. The van der Waals surface area contributed by atoms with Crippen LogP contribution in [0.4, 0.5) is 0 Å². The molecule has 0 unspecified atom stereocenters. The molecule has 0 aliphatic carbocycles. The number of hydrogen-bond acceptors (Lipinski definition) is 3. The molecular formula is C23H28N4O2. The summed E-state index contributed by atoms with van der Waals surface area (Å²) in [5.41, 5.74) is 3.57. The summed E-state index contributed by atoms with van der Waals surface area (Å²) >= 11 is 0. The predicted octanol–water partition coefficient (Wildman–Crippen LogP) is 2.50. The second-order valence-corrected chi connectivity index (χ2v) is 6.82. The van der Waals surface area contributed by atoms with Crippen LogP contribution in [-0.2, 0) is 24.3 Å². The van der Waals surface area contributed by atoms with Crippen molar-refractivity contribution in [3.63, 3.8) is 0 Å². The molecule has 0 spiro atoms. The van der Waals surface area contributed by atoms with E-state index in [-0.39, 0.29) is 12.5 Å². The van der Waals surface area contributed by atoms with E-state index in [1.165, 1.54) is 11.1 Å². The zero-order valence-corrected chi connectivity index (χ0v) is 16.9. The summed E-state index contributed by atoms with van der Waals surface area (Å²) in [6, 6.07) is 16.1. The maximum atomic E-state index is 12.6. The zero-order valence-electron chi connectivity index (χ0n) is 16.9. The van der Waals surface area contributed by atoms with Gasteiger partial charge in [-0.1, -0.05) is 55.1 Å². The molecule has 0 atom stereocenters. The van der Waals surface area contributed by atoms with E-state index in [2.05, 4.69) is 34.3 Å². The van der Waals surface area contributed by atoms with Gasteiger partial charge in [0.1, 0.15) is 12.4 Å². The Morgan fingerprint density at radius 1 is 1.17 bits per heavy atom. The van der Waals surface area contributed by atoms with Crippen molar-refractivity contribution >= 4 is 11.9 Å². The van der Waals surface area contributed by atoms with Crippen LogP contribution in [0.25, 0.3) is 0 Å². The molecule has 0 saturated heterocycles. The monoisotopic (exact) mass is 392 g/mol. The van der Waals surface area contributed by atoms with Gasteiger partial charge in [0.15, 0.2) is 5.96 Å². The Bertz CT molecular complexity index is 879. The molecule has 2 N–H and O–H groups in total. The van der Waals surface area contributed by atoms with Gasteiger partial charge in [0.05, 0.1) is 6.54 Å². The molecule has 0 aromatic heterocycles. The number of guanidine groups is 1. The Hall–Kier alpha value is -3.28. The van der Waals surface area contributed by atoms with Crippen molar-refractivity contribution in [2.45, 2.75) is 19.5 Å². The van der Waals surface area contributed by atoms with Crippen molar-refractivity contribution in [3.05, 3.63) is 77.9 Å². The summed E-state index contributed by atoms with van der Waals surface area (Å²) in [6.45, 7) is 6.29. The maximum Gasteiger partial charge on any atom is 0.242 e. The van der Waals surface area contributed by atoms with Crippen LogP contribution in [0.15, 0.2) is 66.2 Å². The Labute approximate surface area is 172 Å². The molecule has 3 rings (SSSR count). The molecule has 6 nitrogen and oxygen atoms in total. The van der Waals surface area contributed by atoms with Crippen LogP contribution in [0.3, 0.4) is 0 Å². The molecule has 152 valence electrons. The Morgan fingerprint density at radius 3 is 2.72 bits per heavy atom. The van der Waals surface area contributed by atoms with E-state index in [0.717, 1.165) is 24.3 Å². The van der Waals surface area contributed by atoms with E-state index < -0.39 is 0 Å². The molecular weight excluding hydrogens is 364 g/mol. The van der Waals surface area contributed by atoms with Crippen molar-refractivity contribution < 1.29 is 9.53 Å². The standard InChI is InChI=1S/C23H28N4O2/c1-3-14-29-21-11-7-6-9-19(21)15-25-23(24-2)26-16-22(28)27-13-12-18-8-4-5-10-20(18)17-27/h3-11H,1,12-17H2,2H3,(H2,24,25,26). The molecule has 6 heteroatoms. The van der Waals surface area contributed by atoms with Gasteiger partial charge in [-0.3, -0.25) is 9.79 Å².